The number of nitrogens with zero attached hydrogens (tertiary/aromatic N) is 5. The van der Waals surface area contributed by atoms with Crippen molar-refractivity contribution in [2.75, 3.05) is 0 Å². The van der Waals surface area contributed by atoms with Gasteiger partial charge in [-0.2, -0.15) is 0 Å². The van der Waals surface area contributed by atoms with Gasteiger partial charge in [-0.25, -0.2) is 9.97 Å². The number of imidazole rings is 1. The summed E-state index contributed by atoms with van der Waals surface area (Å²) in [6.07, 6.45) is 1.96. The molecule has 50 heavy (non-hydrogen) atoms. The molecular weight excluding hydrogens is 611 g/mol. The first-order valence-electron chi connectivity index (χ1n) is 17.2. The van der Waals surface area contributed by atoms with Gasteiger partial charge in [0.25, 0.3) is 0 Å². The lowest BCUT2D eigenvalue weighted by atomic mass is 9.88. The lowest BCUT2D eigenvalue weighted by molar-refractivity contribution is 0.589. The number of aromatic nitrogens is 5. The maximum Gasteiger partial charge on any atom is 0.140 e. The van der Waals surface area contributed by atoms with Crippen molar-refractivity contribution in [3.05, 3.63) is 145 Å². The van der Waals surface area contributed by atoms with E-state index in [2.05, 4.69) is 169 Å². The summed E-state index contributed by atoms with van der Waals surface area (Å²) < 4.78 is 6.98. The van der Waals surface area contributed by atoms with Crippen molar-refractivity contribution in [3.8, 4) is 22.9 Å². The van der Waals surface area contributed by atoms with Gasteiger partial charge < -0.3 is 9.13 Å². The van der Waals surface area contributed by atoms with Crippen molar-refractivity contribution in [2.45, 2.75) is 26.2 Å². The van der Waals surface area contributed by atoms with E-state index in [9.17, 15) is 0 Å². The number of pyridine rings is 1. The van der Waals surface area contributed by atoms with Crippen LogP contribution in [-0.4, -0.2) is 23.7 Å². The minimum absolute atomic E-state index is 0.0105. The van der Waals surface area contributed by atoms with E-state index in [1.807, 2.05) is 12.3 Å². The normalized spacial score (nSPS) is 12.4. The summed E-state index contributed by atoms with van der Waals surface area (Å²) >= 11 is 0. The van der Waals surface area contributed by atoms with Crippen LogP contribution in [0, 0.1) is 0 Å². The zero-order valence-electron chi connectivity index (χ0n) is 28.5. The summed E-state index contributed by atoms with van der Waals surface area (Å²) in [6.45, 7) is 6.78. The fraction of sp³-hybridized carbons (Fsp3) is 0.111. The Labute approximate surface area is 289 Å². The Bertz CT molecular complexity index is 2980. The van der Waals surface area contributed by atoms with Gasteiger partial charge in [-0.15, -0.1) is 0 Å². The molecule has 0 bridgehead atoms. The predicted molar refractivity (Wildman–Crippen MR) is 209 cm³/mol. The number of rotatable bonds is 3. The highest BCUT2D eigenvalue weighted by molar-refractivity contribution is 6.19. The van der Waals surface area contributed by atoms with Gasteiger partial charge in [-0.3, -0.25) is 4.57 Å². The van der Waals surface area contributed by atoms with Gasteiger partial charge in [0.1, 0.15) is 11.6 Å². The first-order valence-corrected chi connectivity index (χ1v) is 17.2. The molecule has 4 heterocycles. The number of fused-ring (bicyclic) bond motifs is 9. The molecule has 0 saturated carbocycles. The average molecular weight is 646 g/mol. The molecule has 0 amide bonds. The molecule has 0 N–H and O–H groups in total. The first kappa shape index (κ1) is 28.8. The van der Waals surface area contributed by atoms with Crippen LogP contribution in [0.25, 0.3) is 88.3 Å². The molecule has 0 unspecified atom stereocenters. The largest absolute Gasteiger partial charge is 0.327 e. The molecule has 5 nitrogen and oxygen atoms in total. The second-order valence-electron chi connectivity index (χ2n) is 14.4. The molecule has 10 rings (SSSR count). The molecule has 0 aliphatic carbocycles. The van der Waals surface area contributed by atoms with Crippen LogP contribution >= 0.6 is 0 Å². The second-order valence-corrected chi connectivity index (χ2v) is 14.4. The highest BCUT2D eigenvalue weighted by Gasteiger charge is 2.21. The molecule has 240 valence electrons. The van der Waals surface area contributed by atoms with Gasteiger partial charge in [0.2, 0.25) is 0 Å². The summed E-state index contributed by atoms with van der Waals surface area (Å²) in [7, 11) is 2.10. The van der Waals surface area contributed by atoms with Crippen LogP contribution in [0.4, 0.5) is 0 Å². The van der Waals surface area contributed by atoms with Gasteiger partial charge in [0.05, 0.1) is 33.1 Å². The SMILES string of the molecule is Cn1c(-c2ccc3c4ccccc4n(-c4ccc5c6ccc7ccccc7c6n(-c6cc(C(C)(C)C)ccn6)c5c4)c3c2)nc2ccccc21. The molecule has 0 atom stereocenters. The summed E-state index contributed by atoms with van der Waals surface area (Å²) in [5, 5.41) is 7.31. The standard InChI is InChI=1S/C45H35N5/c1-45(2,3)30-23-24-46-42(26-30)50-41-27-31(19-22-35(41)36-21-17-28-11-5-6-12-32(28)43(36)50)49-38-15-9-7-13-33(38)34-20-18-29(25-40(34)49)44-47-37-14-8-10-16-39(37)48(44)4/h5-27H,1-4H3. The first-order chi connectivity index (χ1) is 24.3. The van der Waals surface area contributed by atoms with Gasteiger partial charge in [0, 0.05) is 51.4 Å². The summed E-state index contributed by atoms with van der Waals surface area (Å²) in [5.41, 5.74) is 10.2. The monoisotopic (exact) mass is 645 g/mol. The Balaban J connectivity index is 1.29. The minimum Gasteiger partial charge on any atom is -0.327 e. The quantitative estimate of drug-likeness (QED) is 0.192. The highest BCUT2D eigenvalue weighted by atomic mass is 15.1. The molecule has 10 aromatic rings. The smallest absolute Gasteiger partial charge is 0.140 e. The van der Waals surface area contributed by atoms with Crippen LogP contribution in [0.15, 0.2) is 140 Å². The molecule has 0 saturated heterocycles. The molecule has 0 spiro atoms. The Morgan fingerprint density at radius 3 is 2.06 bits per heavy atom. The van der Waals surface area contributed by atoms with E-state index < -0.39 is 0 Å². The van der Waals surface area contributed by atoms with Crippen LogP contribution in [0.2, 0.25) is 0 Å². The van der Waals surface area contributed by atoms with E-state index in [1.165, 1.54) is 48.9 Å². The molecule has 0 radical (unpaired) electrons. The average Bonchev–Trinajstić information content (AvgIpc) is 3.78. The third kappa shape index (κ3) is 4.13. The number of aryl methyl sites for hydroxylation is 1. The van der Waals surface area contributed by atoms with Crippen molar-refractivity contribution in [1.29, 1.82) is 0 Å². The van der Waals surface area contributed by atoms with Crippen molar-refractivity contribution in [2.24, 2.45) is 7.05 Å². The zero-order valence-corrected chi connectivity index (χ0v) is 28.5. The number of benzene rings is 6. The van der Waals surface area contributed by atoms with E-state index >= 15 is 0 Å². The van der Waals surface area contributed by atoms with Gasteiger partial charge in [-0.1, -0.05) is 106 Å². The zero-order chi connectivity index (χ0) is 33.7. The number of hydrogen-bond acceptors (Lipinski definition) is 2. The molecule has 0 aliphatic heterocycles. The maximum atomic E-state index is 5.05. The van der Waals surface area contributed by atoms with E-state index in [1.54, 1.807) is 0 Å². The van der Waals surface area contributed by atoms with Crippen LogP contribution in [0.3, 0.4) is 0 Å². The maximum absolute atomic E-state index is 5.05. The number of hydrogen-bond donors (Lipinski definition) is 0. The van der Waals surface area contributed by atoms with Gasteiger partial charge in [-0.05, 0) is 64.9 Å². The van der Waals surface area contributed by atoms with Crippen molar-refractivity contribution >= 4 is 65.4 Å². The van der Waals surface area contributed by atoms with Gasteiger partial charge >= 0.3 is 0 Å². The van der Waals surface area contributed by atoms with E-state index in [-0.39, 0.29) is 5.41 Å². The van der Waals surface area contributed by atoms with E-state index in [4.69, 9.17) is 9.97 Å². The number of para-hydroxylation sites is 3. The van der Waals surface area contributed by atoms with Gasteiger partial charge in [0.15, 0.2) is 0 Å². The third-order valence-corrected chi connectivity index (χ3v) is 10.5. The summed E-state index contributed by atoms with van der Waals surface area (Å²) in [6, 6.07) is 48.3. The second kappa shape index (κ2) is 10.4. The Morgan fingerprint density at radius 1 is 0.540 bits per heavy atom. The van der Waals surface area contributed by atoms with Crippen LogP contribution in [0.5, 0.6) is 0 Å². The van der Waals surface area contributed by atoms with Crippen LogP contribution in [-0.2, 0) is 12.5 Å². The van der Waals surface area contributed by atoms with E-state index in [0.29, 0.717) is 0 Å². The van der Waals surface area contributed by atoms with Crippen LogP contribution in [0.1, 0.15) is 26.3 Å². The summed E-state index contributed by atoms with van der Waals surface area (Å²) in [5.74, 6) is 1.88. The fourth-order valence-electron chi connectivity index (χ4n) is 7.94. The Morgan fingerprint density at radius 2 is 1.22 bits per heavy atom. The molecule has 0 fully saturated rings. The van der Waals surface area contributed by atoms with Crippen molar-refractivity contribution in [3.63, 3.8) is 0 Å². The highest BCUT2D eigenvalue weighted by Crippen LogP contribution is 2.40. The minimum atomic E-state index is -0.0105. The van der Waals surface area contributed by atoms with E-state index in [0.717, 1.165) is 45.0 Å². The Hall–Kier alpha value is -6.20. The van der Waals surface area contributed by atoms with Crippen LogP contribution < -0.4 is 0 Å². The Kier molecular flexibility index (Phi) is 5.99. The van der Waals surface area contributed by atoms with Crippen molar-refractivity contribution < 1.29 is 0 Å². The fourth-order valence-corrected chi connectivity index (χ4v) is 7.94. The molecule has 6 aromatic carbocycles. The molecule has 4 aromatic heterocycles. The third-order valence-electron chi connectivity index (χ3n) is 10.5. The van der Waals surface area contributed by atoms with Crippen molar-refractivity contribution in [1.82, 2.24) is 23.7 Å². The molecule has 5 heteroatoms. The predicted octanol–water partition coefficient (Wildman–Crippen LogP) is 11.3. The molecule has 0 aliphatic rings. The topological polar surface area (TPSA) is 40.6 Å². The lowest BCUT2D eigenvalue weighted by Crippen LogP contribution is -2.12. The summed E-state index contributed by atoms with van der Waals surface area (Å²) in [4.78, 5) is 10.1. The molecular formula is C45H35N5. The lowest BCUT2D eigenvalue weighted by Gasteiger charge is -2.20.